The van der Waals surface area contributed by atoms with E-state index in [1.54, 1.807) is 0 Å². The van der Waals surface area contributed by atoms with Crippen molar-refractivity contribution in [2.75, 3.05) is 3.86 Å². The third-order valence-electron chi connectivity index (χ3n) is 2.93. The standard InChI is InChI=1S/C17H17ClGeN2.CHCl3.Se/c1-14(20-16-9-5-3-6-10-16)13-15(2)21(19-18)17-11-7-4-8-12-17;2-1(3)4;/h3-13H,1-2H3;1H;/q;;-1/b15-13-,20-14?;;. The van der Waals surface area contributed by atoms with Crippen LogP contribution < -0.4 is 3.86 Å². The Kier molecular flexibility index (Phi) is 14.8. The molecule has 0 aliphatic heterocycles. The van der Waals surface area contributed by atoms with Crippen LogP contribution in [0.3, 0.4) is 0 Å². The van der Waals surface area contributed by atoms with Crippen molar-refractivity contribution in [3.05, 3.63) is 72.4 Å². The van der Waals surface area contributed by atoms with E-state index in [2.05, 4.69) is 34.0 Å². The second-order valence-electron chi connectivity index (χ2n) is 4.88. The Morgan fingerprint density at radius 1 is 0.962 bits per heavy atom. The van der Waals surface area contributed by atoms with Gasteiger partial charge in [0.05, 0.1) is 0 Å². The van der Waals surface area contributed by atoms with Crippen molar-refractivity contribution in [2.24, 2.45) is 4.99 Å². The van der Waals surface area contributed by atoms with E-state index >= 15 is 0 Å². The number of hydrogen-bond donors (Lipinski definition) is 0. The zero-order valence-electron chi connectivity index (χ0n) is 14.2. The number of alkyl halides is 3. The third kappa shape index (κ3) is 10.9. The van der Waals surface area contributed by atoms with E-state index in [1.165, 1.54) is 0 Å². The molecule has 0 aromatic heterocycles. The molecule has 139 valence electrons. The van der Waals surface area contributed by atoms with Crippen LogP contribution in [0.15, 0.2) is 77.4 Å². The number of nitrogens with zero attached hydrogens (tertiary/aromatic N) is 2. The van der Waals surface area contributed by atoms with Crippen molar-refractivity contribution in [1.29, 1.82) is 0 Å². The Morgan fingerprint density at radius 2 is 1.42 bits per heavy atom. The Bertz CT molecular complexity index is 679. The van der Waals surface area contributed by atoms with E-state index < -0.39 is 19.0 Å². The van der Waals surface area contributed by atoms with Crippen LogP contribution >= 0.6 is 44.8 Å². The summed E-state index contributed by atoms with van der Waals surface area (Å²) in [6.45, 7) is 4.08. The molecule has 0 bridgehead atoms. The summed E-state index contributed by atoms with van der Waals surface area (Å²) in [5, 5.41) is 0. The Morgan fingerprint density at radius 3 is 1.88 bits per heavy atom. The van der Waals surface area contributed by atoms with Crippen LogP contribution in [0.4, 0.5) is 11.4 Å². The number of allylic oxidation sites excluding steroid dienone is 2. The van der Waals surface area contributed by atoms with Gasteiger partial charge in [-0.25, -0.2) is 0 Å². The van der Waals surface area contributed by atoms with Crippen LogP contribution in [0.25, 0.3) is 0 Å². The zero-order chi connectivity index (χ0) is 18.7. The van der Waals surface area contributed by atoms with Crippen molar-refractivity contribution in [2.45, 2.75) is 18.1 Å². The fraction of sp³-hybridized carbons (Fsp3) is 0.167. The maximum Gasteiger partial charge on any atom is 0.180 e. The summed E-state index contributed by atoms with van der Waals surface area (Å²) in [5.41, 5.74) is 4.19. The van der Waals surface area contributed by atoms with E-state index in [9.17, 15) is 0 Å². The molecular weight excluding hydrogens is 538 g/mol. The minimum absolute atomic E-state index is 0. The minimum Gasteiger partial charge on any atom is -1.00 e. The first-order valence-corrected chi connectivity index (χ1v) is 12.4. The number of rotatable bonds is 5. The molecule has 0 atom stereocenters. The van der Waals surface area contributed by atoms with Crippen LogP contribution in [0.2, 0.25) is 0 Å². The van der Waals surface area contributed by atoms with Gasteiger partial charge in [0.15, 0.2) is 4.30 Å². The van der Waals surface area contributed by atoms with Gasteiger partial charge in [0.1, 0.15) is 0 Å². The largest absolute Gasteiger partial charge is 1.00 e. The molecule has 0 spiro atoms. The number of anilines is 1. The molecule has 2 aromatic rings. The molecule has 0 fully saturated rings. The summed E-state index contributed by atoms with van der Waals surface area (Å²) >= 11 is 13.7. The van der Waals surface area contributed by atoms with E-state index in [1.807, 2.05) is 55.5 Å². The predicted octanol–water partition coefficient (Wildman–Crippen LogP) is 6.57. The number of para-hydroxylation sites is 2. The molecule has 8 heteroatoms. The number of benzene rings is 2. The average Bonchev–Trinajstić information content (AvgIpc) is 2.56. The zero-order valence-corrected chi connectivity index (χ0v) is 21.1. The predicted molar refractivity (Wildman–Crippen MR) is 121 cm³/mol. The molecule has 2 nitrogen and oxygen atoms in total. The summed E-state index contributed by atoms with van der Waals surface area (Å²) in [5.74, 6) is 0. The van der Waals surface area contributed by atoms with Crippen molar-refractivity contribution in [1.82, 2.24) is 0 Å². The minimum atomic E-state index is -0.750. The fourth-order valence-corrected chi connectivity index (χ4v) is 4.13. The van der Waals surface area contributed by atoms with Gasteiger partial charge >= 0.3 is 137 Å². The quantitative estimate of drug-likeness (QED) is 0.232. The summed E-state index contributed by atoms with van der Waals surface area (Å²) in [7, 11) is 6.21. The van der Waals surface area contributed by atoms with E-state index in [4.69, 9.17) is 44.8 Å². The molecule has 2 aromatic carbocycles. The van der Waals surface area contributed by atoms with Crippen LogP contribution in [-0.2, 0) is 0 Å². The number of halogens is 4. The van der Waals surface area contributed by atoms with Gasteiger partial charge in [0, 0.05) is 0 Å². The van der Waals surface area contributed by atoms with Crippen molar-refractivity contribution >= 4 is 93.7 Å². The Labute approximate surface area is 191 Å². The molecule has 0 saturated carbocycles. The van der Waals surface area contributed by atoms with Crippen LogP contribution in [0.5, 0.6) is 0 Å². The van der Waals surface area contributed by atoms with Gasteiger partial charge in [0.2, 0.25) is 0 Å². The van der Waals surface area contributed by atoms with Crippen molar-refractivity contribution in [3.63, 3.8) is 0 Å². The molecule has 0 aliphatic rings. The Hall–Kier alpha value is -0.128. The molecular formula is C18H18Cl4GeN2Se-. The number of aliphatic imine (C=N–C) groups is 1. The van der Waals surface area contributed by atoms with Crippen molar-refractivity contribution in [3.8, 4) is 0 Å². The molecule has 0 heterocycles. The molecule has 0 aliphatic carbocycles. The van der Waals surface area contributed by atoms with Gasteiger partial charge in [-0.3, -0.25) is 0 Å². The Balaban J connectivity index is 0.00000113. The molecule has 0 unspecified atom stereocenters. The van der Waals surface area contributed by atoms with E-state index in [0.717, 1.165) is 22.8 Å². The van der Waals surface area contributed by atoms with Crippen LogP contribution in [0.1, 0.15) is 13.8 Å². The molecule has 26 heavy (non-hydrogen) atoms. The first-order chi connectivity index (χ1) is 11.9. The summed E-state index contributed by atoms with van der Waals surface area (Å²) < 4.78 is 1.42. The van der Waals surface area contributed by atoms with Gasteiger partial charge in [0.25, 0.3) is 0 Å². The molecule has 0 saturated heterocycles. The normalized spacial score (nSPS) is 11.3. The van der Waals surface area contributed by atoms with Crippen LogP contribution in [-0.4, -0.2) is 41.8 Å². The summed E-state index contributed by atoms with van der Waals surface area (Å²) in [6.07, 6.45) is 2.08. The SMILES string of the molecule is CC(/C=C(/C)[N]([Ge][Cl])c1ccccc1)=Nc1ccccc1.ClC(Cl)Cl.[Se-]. The second kappa shape index (κ2) is 14.9. The molecule has 0 N–H and O–H groups in total. The smallest absolute Gasteiger partial charge is 0.180 e. The van der Waals surface area contributed by atoms with Gasteiger partial charge in [-0.1, -0.05) is 34.8 Å². The molecule has 2 rings (SSSR count). The maximum absolute atomic E-state index is 6.21. The van der Waals surface area contributed by atoms with Crippen LogP contribution in [0, 0.1) is 0 Å². The summed E-state index contributed by atoms with van der Waals surface area (Å²) in [4.78, 5) is 4.59. The van der Waals surface area contributed by atoms with Gasteiger partial charge in [-0.15, -0.1) is 0 Å². The topological polar surface area (TPSA) is 15.6 Å². The van der Waals surface area contributed by atoms with Gasteiger partial charge in [-0.05, 0) is 0 Å². The van der Waals surface area contributed by atoms with Gasteiger partial charge < -0.3 is 17.1 Å². The monoisotopic (exact) mass is 556 g/mol. The maximum atomic E-state index is 6.21. The average molecular weight is 556 g/mol. The first-order valence-electron chi connectivity index (χ1n) is 7.36. The van der Waals surface area contributed by atoms with Gasteiger partial charge in [-0.2, -0.15) is 0 Å². The number of hydrogen-bond acceptors (Lipinski definition) is 2. The molecule has 3 radical (unpaired) electrons. The fourth-order valence-electron chi connectivity index (χ4n) is 2.00. The van der Waals surface area contributed by atoms with Crippen molar-refractivity contribution < 1.29 is 0 Å². The third-order valence-corrected chi connectivity index (χ3v) is 5.45. The second-order valence-corrected chi connectivity index (χ2v) is 9.03. The van der Waals surface area contributed by atoms with E-state index in [-0.39, 0.29) is 17.1 Å². The molecule has 0 amide bonds. The van der Waals surface area contributed by atoms with E-state index in [0.29, 0.717) is 0 Å². The first kappa shape index (κ1) is 25.9. The summed E-state index contributed by atoms with van der Waals surface area (Å²) in [6, 6.07) is 20.2.